The monoisotopic (exact) mass is 295 g/mol. The molecule has 0 aliphatic heterocycles. The molecular formula is C11H9F4NO4. The van der Waals surface area contributed by atoms with Crippen LogP contribution in [0.1, 0.15) is 15.9 Å². The molecule has 0 bridgehead atoms. The third-order valence-corrected chi connectivity index (χ3v) is 2.29. The highest BCUT2D eigenvalue weighted by Gasteiger charge is 2.35. The van der Waals surface area contributed by atoms with Gasteiger partial charge in [-0.2, -0.15) is 13.2 Å². The number of nitrogens with one attached hydrogen (secondary N) is 1. The summed E-state index contributed by atoms with van der Waals surface area (Å²) in [4.78, 5) is 21.7. The van der Waals surface area contributed by atoms with Crippen LogP contribution in [-0.4, -0.2) is 34.7 Å². The molecule has 0 spiro atoms. The predicted molar refractivity (Wildman–Crippen MR) is 57.4 cm³/mol. The number of aliphatic carboxylic acids is 1. The number of carboxylic acid groups (broad SMARTS) is 1. The number of amides is 1. The van der Waals surface area contributed by atoms with Crippen molar-refractivity contribution in [3.8, 4) is 0 Å². The molecule has 0 unspecified atom stereocenters. The van der Waals surface area contributed by atoms with Crippen molar-refractivity contribution in [3.63, 3.8) is 0 Å². The lowest BCUT2D eigenvalue weighted by atomic mass is 10.1. The Bertz CT molecular complexity index is 530. The highest BCUT2D eigenvalue weighted by molar-refractivity contribution is 5.95. The van der Waals surface area contributed by atoms with Crippen molar-refractivity contribution in [3.05, 3.63) is 35.1 Å². The number of carboxylic acids is 1. The Labute approximate surface area is 109 Å². The molecule has 20 heavy (non-hydrogen) atoms. The number of hydrogen-bond donors (Lipinski definition) is 3. The van der Waals surface area contributed by atoms with Crippen molar-refractivity contribution in [2.24, 2.45) is 0 Å². The van der Waals surface area contributed by atoms with Gasteiger partial charge in [-0.05, 0) is 12.1 Å². The fourth-order valence-corrected chi connectivity index (χ4v) is 1.30. The molecule has 0 saturated carbocycles. The van der Waals surface area contributed by atoms with Crippen molar-refractivity contribution in [1.29, 1.82) is 0 Å². The first-order valence-electron chi connectivity index (χ1n) is 5.19. The van der Waals surface area contributed by atoms with E-state index in [9.17, 15) is 27.2 Å². The van der Waals surface area contributed by atoms with Gasteiger partial charge in [0.15, 0.2) is 6.10 Å². The minimum Gasteiger partial charge on any atom is -0.479 e. The first-order chi connectivity index (χ1) is 9.14. The van der Waals surface area contributed by atoms with Crippen molar-refractivity contribution in [2.75, 3.05) is 6.54 Å². The Kier molecular flexibility index (Phi) is 4.66. The zero-order chi connectivity index (χ0) is 15.5. The second-order valence-electron chi connectivity index (χ2n) is 3.73. The average molecular weight is 295 g/mol. The smallest absolute Gasteiger partial charge is 0.419 e. The number of halogens is 4. The van der Waals surface area contributed by atoms with Gasteiger partial charge in [-0.3, -0.25) is 4.79 Å². The molecule has 0 radical (unpaired) electrons. The summed E-state index contributed by atoms with van der Waals surface area (Å²) in [6.07, 6.45) is -6.89. The summed E-state index contributed by atoms with van der Waals surface area (Å²) < 4.78 is 50.8. The number of aliphatic hydroxyl groups excluding tert-OH is 1. The quantitative estimate of drug-likeness (QED) is 0.724. The van der Waals surface area contributed by atoms with Crippen LogP contribution in [0.4, 0.5) is 17.6 Å². The lowest BCUT2D eigenvalue weighted by molar-refractivity contribution is -0.146. The Morgan fingerprint density at radius 3 is 2.40 bits per heavy atom. The number of carbonyl (C=O) groups excluding carboxylic acids is 1. The minimum atomic E-state index is -4.96. The fourth-order valence-electron chi connectivity index (χ4n) is 1.30. The van der Waals surface area contributed by atoms with Crippen LogP contribution >= 0.6 is 0 Å². The third-order valence-electron chi connectivity index (χ3n) is 2.29. The maximum absolute atomic E-state index is 13.5. The summed E-state index contributed by atoms with van der Waals surface area (Å²) in [5, 5.41) is 19.1. The van der Waals surface area contributed by atoms with Crippen molar-refractivity contribution < 1.29 is 37.4 Å². The third kappa shape index (κ3) is 3.67. The summed E-state index contributed by atoms with van der Waals surface area (Å²) in [5.74, 6) is -4.65. The van der Waals surface area contributed by atoms with Gasteiger partial charge in [0, 0.05) is 0 Å². The van der Waals surface area contributed by atoms with Crippen LogP contribution in [-0.2, 0) is 11.0 Å². The van der Waals surface area contributed by atoms with Gasteiger partial charge in [0.05, 0.1) is 17.7 Å². The average Bonchev–Trinajstić information content (AvgIpc) is 2.34. The molecule has 1 amide bonds. The largest absolute Gasteiger partial charge is 0.479 e. The van der Waals surface area contributed by atoms with E-state index in [1.165, 1.54) is 0 Å². The van der Waals surface area contributed by atoms with Gasteiger partial charge >= 0.3 is 12.1 Å². The maximum Gasteiger partial charge on any atom is 0.419 e. The molecule has 1 aromatic rings. The van der Waals surface area contributed by atoms with Crippen LogP contribution in [0.2, 0.25) is 0 Å². The molecule has 0 aliphatic rings. The zero-order valence-electron chi connectivity index (χ0n) is 9.74. The van der Waals surface area contributed by atoms with Gasteiger partial charge in [-0.15, -0.1) is 0 Å². The Balaban J connectivity index is 2.92. The van der Waals surface area contributed by atoms with Gasteiger partial charge in [-0.1, -0.05) is 6.07 Å². The van der Waals surface area contributed by atoms with E-state index < -0.39 is 47.6 Å². The second-order valence-corrected chi connectivity index (χ2v) is 3.73. The number of carbonyl (C=O) groups is 2. The molecule has 9 heteroatoms. The molecule has 0 fully saturated rings. The van der Waals surface area contributed by atoms with E-state index in [2.05, 4.69) is 0 Å². The molecule has 5 nitrogen and oxygen atoms in total. The molecule has 0 saturated heterocycles. The Hall–Kier alpha value is -2.16. The van der Waals surface area contributed by atoms with E-state index in [1.54, 1.807) is 0 Å². The Morgan fingerprint density at radius 2 is 1.90 bits per heavy atom. The summed E-state index contributed by atoms with van der Waals surface area (Å²) in [7, 11) is 0. The van der Waals surface area contributed by atoms with Gasteiger partial charge in [0.25, 0.3) is 5.91 Å². The molecule has 1 atom stereocenters. The van der Waals surface area contributed by atoms with Gasteiger partial charge in [0.1, 0.15) is 5.82 Å². The first kappa shape index (κ1) is 15.9. The van der Waals surface area contributed by atoms with Gasteiger partial charge in [0.2, 0.25) is 0 Å². The number of hydrogen-bond acceptors (Lipinski definition) is 3. The number of benzene rings is 1. The fraction of sp³-hybridized carbons (Fsp3) is 0.273. The van der Waals surface area contributed by atoms with Crippen molar-refractivity contribution in [2.45, 2.75) is 12.3 Å². The van der Waals surface area contributed by atoms with Gasteiger partial charge in [-0.25, -0.2) is 9.18 Å². The van der Waals surface area contributed by atoms with Crippen LogP contribution in [0.5, 0.6) is 0 Å². The highest BCUT2D eigenvalue weighted by Crippen LogP contribution is 2.32. The topological polar surface area (TPSA) is 86.6 Å². The molecule has 0 aromatic heterocycles. The molecule has 1 aromatic carbocycles. The SMILES string of the molecule is O=C(NC[C@H](O)C(=O)O)c1cccc(C(F)(F)F)c1F. The number of aliphatic hydroxyl groups is 1. The van der Waals surface area contributed by atoms with E-state index in [0.29, 0.717) is 6.07 Å². The van der Waals surface area contributed by atoms with Gasteiger partial charge < -0.3 is 15.5 Å². The van der Waals surface area contributed by atoms with Crippen LogP contribution in [0.15, 0.2) is 18.2 Å². The standard InChI is InChI=1S/C11H9F4NO4/c12-8-5(2-1-3-6(8)11(13,14)15)9(18)16-4-7(17)10(19)20/h1-3,7,17H,4H2,(H,16,18)(H,19,20)/t7-/m0/s1. The summed E-state index contributed by atoms with van der Waals surface area (Å²) in [6, 6.07) is 2.12. The van der Waals surface area contributed by atoms with Crippen molar-refractivity contribution in [1.82, 2.24) is 5.32 Å². The van der Waals surface area contributed by atoms with E-state index in [1.807, 2.05) is 5.32 Å². The molecule has 110 valence electrons. The molecule has 0 aliphatic carbocycles. The van der Waals surface area contributed by atoms with E-state index >= 15 is 0 Å². The lowest BCUT2D eigenvalue weighted by Gasteiger charge is -2.12. The van der Waals surface area contributed by atoms with Crippen LogP contribution < -0.4 is 5.32 Å². The lowest BCUT2D eigenvalue weighted by Crippen LogP contribution is -2.37. The summed E-state index contributed by atoms with van der Waals surface area (Å²) in [6.45, 7) is -0.760. The molecular weight excluding hydrogens is 286 g/mol. The van der Waals surface area contributed by atoms with Crippen LogP contribution in [0.25, 0.3) is 0 Å². The van der Waals surface area contributed by atoms with E-state index in [-0.39, 0.29) is 0 Å². The summed E-state index contributed by atoms with van der Waals surface area (Å²) >= 11 is 0. The zero-order valence-corrected chi connectivity index (χ0v) is 9.74. The normalized spacial score (nSPS) is 12.8. The van der Waals surface area contributed by atoms with E-state index in [0.717, 1.165) is 12.1 Å². The maximum atomic E-state index is 13.5. The second kappa shape index (κ2) is 5.87. The van der Waals surface area contributed by atoms with Crippen molar-refractivity contribution >= 4 is 11.9 Å². The highest BCUT2D eigenvalue weighted by atomic mass is 19.4. The molecule has 1 rings (SSSR count). The minimum absolute atomic E-state index is 0.470. The van der Waals surface area contributed by atoms with Crippen LogP contribution in [0, 0.1) is 5.82 Å². The first-order valence-corrected chi connectivity index (χ1v) is 5.19. The van der Waals surface area contributed by atoms with E-state index in [4.69, 9.17) is 10.2 Å². The predicted octanol–water partition coefficient (Wildman–Crippen LogP) is 1.02. The van der Waals surface area contributed by atoms with Crippen LogP contribution in [0.3, 0.4) is 0 Å². The Morgan fingerprint density at radius 1 is 1.30 bits per heavy atom. The molecule has 0 heterocycles. The summed E-state index contributed by atoms with van der Waals surface area (Å²) in [5.41, 5.74) is -2.50. The molecule has 3 N–H and O–H groups in total. The number of rotatable bonds is 4. The number of alkyl halides is 3.